The van der Waals surface area contributed by atoms with Crippen LogP contribution in [-0.2, 0) is 11.8 Å². The summed E-state index contributed by atoms with van der Waals surface area (Å²) < 4.78 is 1.80. The third-order valence-electron chi connectivity index (χ3n) is 5.66. The fourth-order valence-electron chi connectivity index (χ4n) is 4.46. The zero-order valence-electron chi connectivity index (χ0n) is 14.3. The van der Waals surface area contributed by atoms with Crippen LogP contribution in [0.15, 0.2) is 6.20 Å². The summed E-state index contributed by atoms with van der Waals surface area (Å²) in [6.07, 6.45) is 7.58. The molecule has 2 fully saturated rings. The summed E-state index contributed by atoms with van der Waals surface area (Å²) in [5.74, 6) is 1.41. The van der Waals surface area contributed by atoms with Gasteiger partial charge < -0.3 is 11.1 Å². The minimum absolute atomic E-state index is 0. The van der Waals surface area contributed by atoms with E-state index in [-0.39, 0.29) is 30.3 Å². The summed E-state index contributed by atoms with van der Waals surface area (Å²) in [4.78, 5) is 12.7. The largest absolute Gasteiger partial charge is 0.349 e. The van der Waals surface area contributed by atoms with Crippen LogP contribution < -0.4 is 11.1 Å². The number of halogens is 1. The number of nitrogens with zero attached hydrogens (tertiary/aromatic N) is 2. The fraction of sp³-hybridized carbons (Fsp3) is 0.765. The van der Waals surface area contributed by atoms with Gasteiger partial charge in [-0.2, -0.15) is 5.10 Å². The molecule has 6 heteroatoms. The molecule has 0 aliphatic heterocycles. The molecule has 0 saturated heterocycles. The van der Waals surface area contributed by atoms with Crippen molar-refractivity contribution in [2.45, 2.75) is 58.0 Å². The number of carbonyl (C=O) groups is 1. The molecule has 3 unspecified atom stereocenters. The number of aromatic nitrogens is 2. The molecule has 2 saturated carbocycles. The summed E-state index contributed by atoms with van der Waals surface area (Å²) in [5, 5.41) is 7.55. The zero-order valence-corrected chi connectivity index (χ0v) is 15.1. The second kappa shape index (κ2) is 7.22. The van der Waals surface area contributed by atoms with Crippen LogP contribution >= 0.6 is 12.4 Å². The summed E-state index contributed by atoms with van der Waals surface area (Å²) in [6, 6.07) is 0.326. The highest BCUT2D eigenvalue weighted by Crippen LogP contribution is 2.42. The van der Waals surface area contributed by atoms with Gasteiger partial charge in [0.2, 0.25) is 5.91 Å². The average Bonchev–Trinajstić information content (AvgIpc) is 2.77. The Labute approximate surface area is 144 Å². The monoisotopic (exact) mass is 340 g/mol. The zero-order chi connectivity index (χ0) is 15.9. The Morgan fingerprint density at radius 3 is 2.52 bits per heavy atom. The normalized spacial score (nSPS) is 31.1. The highest BCUT2D eigenvalue weighted by atomic mass is 35.5. The van der Waals surface area contributed by atoms with Crippen molar-refractivity contribution in [1.29, 1.82) is 0 Å². The van der Waals surface area contributed by atoms with Crippen molar-refractivity contribution in [1.82, 2.24) is 15.1 Å². The third-order valence-corrected chi connectivity index (χ3v) is 5.66. The lowest BCUT2D eigenvalue weighted by Crippen LogP contribution is -2.49. The number of rotatable bonds is 3. The van der Waals surface area contributed by atoms with Gasteiger partial charge in [0, 0.05) is 30.8 Å². The van der Waals surface area contributed by atoms with E-state index < -0.39 is 0 Å². The number of nitrogens with one attached hydrogen (secondary N) is 1. The van der Waals surface area contributed by atoms with E-state index in [2.05, 4.69) is 10.4 Å². The number of amides is 1. The summed E-state index contributed by atoms with van der Waals surface area (Å²) in [5.41, 5.74) is 8.40. The Kier molecular flexibility index (Phi) is 5.74. The topological polar surface area (TPSA) is 72.9 Å². The van der Waals surface area contributed by atoms with Crippen molar-refractivity contribution >= 4 is 18.3 Å². The molecule has 0 radical (unpaired) electrons. The molecule has 1 amide bonds. The van der Waals surface area contributed by atoms with Gasteiger partial charge in [0.15, 0.2) is 0 Å². The van der Waals surface area contributed by atoms with Gasteiger partial charge in [0.05, 0.1) is 11.7 Å². The maximum Gasteiger partial charge on any atom is 0.223 e. The maximum absolute atomic E-state index is 12.7. The van der Waals surface area contributed by atoms with Crippen LogP contribution in [0.2, 0.25) is 0 Å². The lowest BCUT2D eigenvalue weighted by atomic mass is 9.65. The molecule has 1 heterocycles. The van der Waals surface area contributed by atoms with Crippen LogP contribution in [0.4, 0.5) is 0 Å². The van der Waals surface area contributed by atoms with Crippen LogP contribution in [0.5, 0.6) is 0 Å². The molecule has 1 aromatic rings. The highest BCUT2D eigenvalue weighted by molar-refractivity contribution is 5.85. The van der Waals surface area contributed by atoms with Gasteiger partial charge >= 0.3 is 0 Å². The van der Waals surface area contributed by atoms with Crippen LogP contribution in [0.1, 0.15) is 56.3 Å². The number of nitrogens with two attached hydrogens (primary N) is 1. The molecular formula is C17H29ClN4O. The summed E-state index contributed by atoms with van der Waals surface area (Å²) in [7, 11) is 1.91. The number of fused-ring (bicyclic) bond motifs is 2. The Balaban J connectivity index is 0.00000192. The SMILES string of the molecule is Cc1nn(C)cc1C(C)NC(=O)C1CC2CCCC(C1)C2N.Cl. The molecule has 1 aromatic heterocycles. The van der Waals surface area contributed by atoms with E-state index in [0.717, 1.165) is 24.1 Å². The summed E-state index contributed by atoms with van der Waals surface area (Å²) in [6.45, 7) is 4.03. The molecule has 2 bridgehead atoms. The van der Waals surface area contributed by atoms with E-state index in [1.807, 2.05) is 27.1 Å². The maximum atomic E-state index is 12.7. The van der Waals surface area contributed by atoms with Gasteiger partial charge in [-0.05, 0) is 51.4 Å². The van der Waals surface area contributed by atoms with Crippen molar-refractivity contribution < 1.29 is 4.79 Å². The Morgan fingerprint density at radius 2 is 2.00 bits per heavy atom. The highest BCUT2D eigenvalue weighted by Gasteiger charge is 2.40. The second-order valence-corrected chi connectivity index (χ2v) is 7.27. The number of hydrogen-bond donors (Lipinski definition) is 2. The quantitative estimate of drug-likeness (QED) is 0.887. The van der Waals surface area contributed by atoms with Crippen LogP contribution in [-0.4, -0.2) is 21.7 Å². The number of aryl methyl sites for hydroxylation is 2. The molecule has 0 aromatic carbocycles. The van der Waals surface area contributed by atoms with Gasteiger partial charge in [-0.15, -0.1) is 12.4 Å². The van der Waals surface area contributed by atoms with Gasteiger partial charge in [-0.3, -0.25) is 9.48 Å². The van der Waals surface area contributed by atoms with Crippen molar-refractivity contribution in [3.63, 3.8) is 0 Å². The van der Waals surface area contributed by atoms with Crippen LogP contribution in [0.3, 0.4) is 0 Å². The molecule has 3 N–H and O–H groups in total. The molecule has 2 aliphatic rings. The van der Waals surface area contributed by atoms with Crippen molar-refractivity contribution in [2.24, 2.45) is 30.5 Å². The Bertz CT molecular complexity index is 545. The predicted octanol–water partition coefficient (Wildman–Crippen LogP) is 2.48. The molecule has 0 spiro atoms. The molecular weight excluding hydrogens is 312 g/mol. The van der Waals surface area contributed by atoms with Gasteiger partial charge in [0.25, 0.3) is 0 Å². The van der Waals surface area contributed by atoms with E-state index in [0.29, 0.717) is 17.9 Å². The first-order valence-corrected chi connectivity index (χ1v) is 8.51. The number of carbonyl (C=O) groups excluding carboxylic acids is 1. The molecule has 3 atom stereocenters. The lowest BCUT2D eigenvalue weighted by Gasteiger charge is -2.43. The average molecular weight is 341 g/mol. The van der Waals surface area contributed by atoms with Crippen LogP contribution in [0.25, 0.3) is 0 Å². The van der Waals surface area contributed by atoms with E-state index in [4.69, 9.17) is 5.73 Å². The number of hydrogen-bond acceptors (Lipinski definition) is 3. The van der Waals surface area contributed by atoms with Gasteiger partial charge in [-0.1, -0.05) is 6.42 Å². The van der Waals surface area contributed by atoms with Crippen molar-refractivity contribution in [2.75, 3.05) is 0 Å². The van der Waals surface area contributed by atoms with E-state index in [1.54, 1.807) is 4.68 Å². The van der Waals surface area contributed by atoms with E-state index in [9.17, 15) is 4.79 Å². The molecule has 23 heavy (non-hydrogen) atoms. The van der Waals surface area contributed by atoms with E-state index in [1.165, 1.54) is 19.3 Å². The lowest BCUT2D eigenvalue weighted by molar-refractivity contribution is -0.128. The van der Waals surface area contributed by atoms with Gasteiger partial charge in [-0.25, -0.2) is 0 Å². The predicted molar refractivity (Wildman–Crippen MR) is 93.3 cm³/mol. The van der Waals surface area contributed by atoms with Crippen molar-refractivity contribution in [3.05, 3.63) is 17.5 Å². The van der Waals surface area contributed by atoms with Gasteiger partial charge in [0.1, 0.15) is 0 Å². The minimum atomic E-state index is 0. The first-order valence-electron chi connectivity index (χ1n) is 8.51. The second-order valence-electron chi connectivity index (χ2n) is 7.27. The van der Waals surface area contributed by atoms with Crippen LogP contribution in [0, 0.1) is 24.7 Å². The van der Waals surface area contributed by atoms with Crippen molar-refractivity contribution in [3.8, 4) is 0 Å². The smallest absolute Gasteiger partial charge is 0.223 e. The molecule has 2 aliphatic carbocycles. The third kappa shape index (κ3) is 3.72. The first kappa shape index (κ1) is 18.3. The molecule has 130 valence electrons. The standard InChI is InChI=1S/C17H28N4O.ClH/c1-10(15-9-21(3)20-11(15)2)19-17(22)14-7-12-5-4-6-13(8-14)16(12)18;/h9-10,12-14,16H,4-8,18H2,1-3H3,(H,19,22);1H. The Hall–Kier alpha value is -1.07. The minimum Gasteiger partial charge on any atom is -0.349 e. The van der Waals surface area contributed by atoms with E-state index >= 15 is 0 Å². The molecule has 3 rings (SSSR count). The summed E-state index contributed by atoms with van der Waals surface area (Å²) >= 11 is 0. The Morgan fingerprint density at radius 1 is 1.39 bits per heavy atom. The molecule has 5 nitrogen and oxygen atoms in total. The fourth-order valence-corrected chi connectivity index (χ4v) is 4.46. The first-order chi connectivity index (χ1) is 10.5.